The van der Waals surface area contributed by atoms with Crippen LogP contribution in [0.5, 0.6) is 17.2 Å². The van der Waals surface area contributed by atoms with Gasteiger partial charge in [-0.3, -0.25) is 14.4 Å². The number of carbonyl (C=O) groups is 3. The van der Waals surface area contributed by atoms with E-state index in [0.717, 1.165) is 6.42 Å². The lowest BCUT2D eigenvalue weighted by molar-refractivity contribution is -0.171. The molecule has 1 aromatic rings. The fraction of sp³-hybridized carbons (Fsp3) is 0.553. The van der Waals surface area contributed by atoms with Gasteiger partial charge in [-0.05, 0) is 92.9 Å². The second kappa shape index (κ2) is 11.1. The third-order valence-corrected chi connectivity index (χ3v) is 10.9. The fourth-order valence-electron chi connectivity index (χ4n) is 8.34. The van der Waals surface area contributed by atoms with E-state index in [1.807, 2.05) is 40.7 Å². The van der Waals surface area contributed by atoms with Crippen molar-refractivity contribution in [1.82, 2.24) is 0 Å². The van der Waals surface area contributed by atoms with Crippen LogP contribution in [0.15, 0.2) is 41.2 Å². The van der Waals surface area contributed by atoms with Crippen molar-refractivity contribution in [3.8, 4) is 17.2 Å². The number of phenolic OH excluding ortho intramolecular Hbond substituents is 1. The number of rotatable bonds is 10. The van der Waals surface area contributed by atoms with E-state index in [4.69, 9.17) is 18.9 Å². The van der Waals surface area contributed by atoms with E-state index in [1.165, 1.54) is 19.4 Å². The number of aliphatic hydroxyl groups excluding tert-OH is 1. The van der Waals surface area contributed by atoms with Crippen molar-refractivity contribution in [3.63, 3.8) is 0 Å². The molecule has 3 heterocycles. The molecule has 1 saturated heterocycles. The van der Waals surface area contributed by atoms with E-state index in [9.17, 15) is 29.7 Å². The summed E-state index contributed by atoms with van der Waals surface area (Å²) in [6, 6.07) is 0. The predicted octanol–water partition coefficient (Wildman–Crippen LogP) is 5.45. The highest BCUT2D eigenvalue weighted by Gasteiger charge is 2.81. The molecule has 6 atom stereocenters. The topological polar surface area (TPSA) is 149 Å². The highest BCUT2D eigenvalue weighted by Crippen LogP contribution is 2.68. The smallest absolute Gasteiger partial charge is 0.298 e. The van der Waals surface area contributed by atoms with Crippen molar-refractivity contribution in [3.05, 3.63) is 57.9 Å². The third-order valence-electron chi connectivity index (χ3n) is 10.9. The van der Waals surface area contributed by atoms with E-state index in [1.54, 1.807) is 25.2 Å². The molecular weight excluding hydrogens is 616 g/mol. The Hall–Kier alpha value is -3.73. The number of ether oxygens (including phenoxy) is 4. The minimum atomic E-state index is -1.66. The normalized spacial score (nSPS) is 31.5. The molecule has 1 spiro atoms. The third kappa shape index (κ3) is 4.90. The number of aliphatic hydroxyl groups is 2. The van der Waals surface area contributed by atoms with Gasteiger partial charge in [0.1, 0.15) is 34.2 Å². The number of carbonyl (C=O) groups excluding carboxylic acids is 3. The summed E-state index contributed by atoms with van der Waals surface area (Å²) in [7, 11) is 0. The monoisotopic (exact) mass is 662 g/mol. The van der Waals surface area contributed by atoms with Crippen molar-refractivity contribution in [2.24, 2.45) is 11.8 Å². The Balaban J connectivity index is 1.59. The van der Waals surface area contributed by atoms with Crippen molar-refractivity contribution in [2.75, 3.05) is 0 Å². The van der Waals surface area contributed by atoms with Crippen LogP contribution in [0.4, 0.5) is 0 Å². The molecule has 10 nitrogen and oxygen atoms in total. The number of fused-ring (bicyclic) bond motifs is 2. The quantitative estimate of drug-likeness (QED) is 0.168. The Labute approximate surface area is 281 Å². The number of allylic oxidation sites excluding steroid dienone is 4. The lowest BCUT2D eigenvalue weighted by Crippen LogP contribution is -2.72. The minimum Gasteiger partial charge on any atom is -0.506 e. The van der Waals surface area contributed by atoms with E-state index in [-0.39, 0.29) is 58.3 Å². The summed E-state index contributed by atoms with van der Waals surface area (Å²) in [6.07, 6.45) is 9.12. The number of hydrogen-bond donors (Lipinski definition) is 3. The highest BCUT2D eigenvalue weighted by molar-refractivity contribution is 6.19. The summed E-state index contributed by atoms with van der Waals surface area (Å²) < 4.78 is 25.5. The zero-order valence-electron chi connectivity index (χ0n) is 28.9. The molecule has 0 aromatic heterocycles. The number of benzene rings is 1. The van der Waals surface area contributed by atoms with Gasteiger partial charge in [-0.25, -0.2) is 0 Å². The minimum absolute atomic E-state index is 0.00711. The van der Waals surface area contributed by atoms with Crippen molar-refractivity contribution >= 4 is 24.1 Å². The molecule has 48 heavy (non-hydrogen) atoms. The van der Waals surface area contributed by atoms with Gasteiger partial charge in [0.05, 0.1) is 22.9 Å². The maximum absolute atomic E-state index is 14.8. The lowest BCUT2D eigenvalue weighted by atomic mass is 9.51. The molecule has 10 heteroatoms. The Morgan fingerprint density at radius 1 is 1.12 bits per heavy atom. The maximum atomic E-state index is 14.8. The molecule has 0 amide bonds. The number of phenols is 1. The Morgan fingerprint density at radius 2 is 1.83 bits per heavy atom. The highest BCUT2D eigenvalue weighted by atomic mass is 16.6. The second-order valence-corrected chi connectivity index (χ2v) is 15.5. The van der Waals surface area contributed by atoms with Gasteiger partial charge in [-0.15, -0.1) is 0 Å². The van der Waals surface area contributed by atoms with E-state index < -0.39 is 51.7 Å². The van der Waals surface area contributed by atoms with Crippen molar-refractivity contribution < 1.29 is 48.7 Å². The van der Waals surface area contributed by atoms with Crippen LogP contribution in [0.3, 0.4) is 0 Å². The first-order valence-electron chi connectivity index (χ1n) is 16.6. The number of Topliss-reactive ketones (excluding diaryl/α,β-unsaturated/α-hetero) is 2. The first kappa shape index (κ1) is 34.1. The van der Waals surface area contributed by atoms with Crippen molar-refractivity contribution in [1.29, 1.82) is 0 Å². The molecule has 3 aliphatic carbocycles. The predicted molar refractivity (Wildman–Crippen MR) is 177 cm³/mol. The van der Waals surface area contributed by atoms with Gasteiger partial charge >= 0.3 is 0 Å². The standard InChI is InChI=1S/C38H46O10/c1-20(2)10-9-13-36(8)14-12-23-29(41)28-30(42)25-16-22-17-26-35(6,7)48-37(33(22)43,15-11-21(3)45-19-39)38(25,26)47-32(28)24(31(23)46-36)18-27(40)34(4,5)44/h10-12,14,16,19,22,26-27,40-41,44H,9,13,15,17-18H2,1-8H3/b21-11-/t22-,26?,27?,36+,37-,38-/m1/s1. The number of aromatic hydroxyl groups is 1. The van der Waals surface area contributed by atoms with Crippen LogP contribution in [-0.2, 0) is 25.5 Å². The van der Waals surface area contributed by atoms with Gasteiger partial charge in [0.25, 0.3) is 6.47 Å². The average molecular weight is 663 g/mol. The lowest BCUT2D eigenvalue weighted by Gasteiger charge is -2.56. The summed E-state index contributed by atoms with van der Waals surface area (Å²) in [5.74, 6) is -1.65. The van der Waals surface area contributed by atoms with Crippen LogP contribution in [0, 0.1) is 11.8 Å². The maximum Gasteiger partial charge on any atom is 0.298 e. The zero-order valence-corrected chi connectivity index (χ0v) is 28.9. The molecule has 7 rings (SSSR count). The molecule has 1 saturated carbocycles. The molecule has 2 fully saturated rings. The van der Waals surface area contributed by atoms with Crippen molar-refractivity contribution in [2.45, 2.75) is 122 Å². The fourth-order valence-corrected chi connectivity index (χ4v) is 8.34. The zero-order chi connectivity index (χ0) is 35.2. The van der Waals surface area contributed by atoms with Crippen LogP contribution in [0.2, 0.25) is 0 Å². The molecule has 258 valence electrons. The van der Waals surface area contributed by atoms with Gasteiger partial charge in [0.2, 0.25) is 0 Å². The van der Waals surface area contributed by atoms with Crippen LogP contribution in [-0.4, -0.2) is 67.5 Å². The SMILES string of the molecule is CC(C)=CCC[C@@]1(C)C=Cc2c(O)c3c(c(CC(O)C(C)(C)O)c2O1)O[C@]12C(=C[C@@H]4CC1C(C)(C)O[C@]2(C/C=C(/C)OC=O)C4=O)C3=O. The van der Waals surface area contributed by atoms with Gasteiger partial charge in [-0.2, -0.15) is 0 Å². The van der Waals surface area contributed by atoms with E-state index >= 15 is 0 Å². The van der Waals surface area contributed by atoms with Crippen LogP contribution < -0.4 is 9.47 Å². The van der Waals surface area contributed by atoms with Crippen LogP contribution in [0.1, 0.15) is 103 Å². The summed E-state index contributed by atoms with van der Waals surface area (Å²) in [6.45, 7) is 14.6. The first-order chi connectivity index (χ1) is 22.3. The number of ketones is 2. The number of hydrogen-bond acceptors (Lipinski definition) is 10. The Kier molecular flexibility index (Phi) is 7.93. The van der Waals surface area contributed by atoms with Gasteiger partial charge in [0, 0.05) is 35.8 Å². The van der Waals surface area contributed by atoms with Gasteiger partial charge < -0.3 is 34.3 Å². The molecule has 3 N–H and O–H groups in total. The Morgan fingerprint density at radius 3 is 2.48 bits per heavy atom. The molecule has 1 aromatic carbocycles. The molecular formula is C38H46O10. The van der Waals surface area contributed by atoms with Gasteiger partial charge in [-0.1, -0.05) is 17.7 Å². The largest absolute Gasteiger partial charge is 0.506 e. The van der Waals surface area contributed by atoms with Crippen LogP contribution in [0.25, 0.3) is 6.08 Å². The molecule has 0 radical (unpaired) electrons. The van der Waals surface area contributed by atoms with Crippen LogP contribution >= 0.6 is 0 Å². The first-order valence-corrected chi connectivity index (χ1v) is 16.6. The van der Waals surface area contributed by atoms with Gasteiger partial charge in [0.15, 0.2) is 22.8 Å². The summed E-state index contributed by atoms with van der Waals surface area (Å²) in [4.78, 5) is 40.2. The summed E-state index contributed by atoms with van der Waals surface area (Å²) in [5, 5.41) is 33.9. The molecule has 6 aliphatic rings. The Bertz CT molecular complexity index is 1720. The summed E-state index contributed by atoms with van der Waals surface area (Å²) in [5.41, 5.74) is -4.63. The van der Waals surface area contributed by atoms with E-state index in [0.29, 0.717) is 24.9 Å². The molecule has 4 bridgehead atoms. The summed E-state index contributed by atoms with van der Waals surface area (Å²) >= 11 is 0. The second-order valence-electron chi connectivity index (χ2n) is 15.5. The molecule has 2 unspecified atom stereocenters. The molecule has 3 aliphatic heterocycles. The average Bonchev–Trinajstić information content (AvgIpc) is 3.14. The van der Waals surface area contributed by atoms with E-state index in [2.05, 4.69) is 6.08 Å².